The van der Waals surface area contributed by atoms with Crippen molar-refractivity contribution in [2.45, 2.75) is 77.0 Å². The van der Waals surface area contributed by atoms with Gasteiger partial charge in [0.2, 0.25) is 5.91 Å². The van der Waals surface area contributed by atoms with Crippen molar-refractivity contribution in [1.82, 2.24) is 20.1 Å². The molecule has 1 N–H and O–H groups in total. The van der Waals surface area contributed by atoms with Gasteiger partial charge in [-0.1, -0.05) is 74.7 Å². The first-order valence-electron chi connectivity index (χ1n) is 10.0. The number of hydrogen-bond donors (Lipinski definition) is 1. The Morgan fingerprint density at radius 2 is 1.85 bits per heavy atom. The van der Waals surface area contributed by atoms with Gasteiger partial charge < -0.3 is 9.88 Å². The molecule has 5 nitrogen and oxygen atoms in total. The lowest BCUT2D eigenvalue weighted by molar-refractivity contribution is -0.119. The molecule has 0 aliphatic carbocycles. The van der Waals surface area contributed by atoms with E-state index in [1.54, 1.807) is 0 Å². The molecule has 1 aromatic carbocycles. The molecule has 1 amide bonds. The summed E-state index contributed by atoms with van der Waals surface area (Å²) in [6.45, 7) is 7.17. The highest BCUT2D eigenvalue weighted by Gasteiger charge is 2.14. The van der Waals surface area contributed by atoms with Gasteiger partial charge in [0.15, 0.2) is 5.16 Å². The molecule has 0 aliphatic heterocycles. The molecular weight excluding hydrogens is 356 g/mol. The molecule has 1 heterocycles. The molecule has 0 unspecified atom stereocenters. The van der Waals surface area contributed by atoms with E-state index in [-0.39, 0.29) is 11.9 Å². The Morgan fingerprint density at radius 1 is 1.11 bits per heavy atom. The summed E-state index contributed by atoms with van der Waals surface area (Å²) in [7, 11) is 0. The maximum Gasteiger partial charge on any atom is 0.230 e. The summed E-state index contributed by atoms with van der Waals surface area (Å²) in [5.74, 6) is 1.41. The highest BCUT2D eigenvalue weighted by atomic mass is 32.2. The van der Waals surface area contributed by atoms with Crippen LogP contribution < -0.4 is 5.32 Å². The van der Waals surface area contributed by atoms with Crippen LogP contribution >= 0.6 is 11.8 Å². The number of carbonyl (C=O) groups is 1. The van der Waals surface area contributed by atoms with Crippen molar-refractivity contribution in [3.05, 3.63) is 41.7 Å². The van der Waals surface area contributed by atoms with Gasteiger partial charge in [-0.15, -0.1) is 10.2 Å². The number of aromatic nitrogens is 3. The fraction of sp³-hybridized carbons (Fsp3) is 0.571. The third-order valence-corrected chi connectivity index (χ3v) is 5.59. The van der Waals surface area contributed by atoms with E-state index in [0.717, 1.165) is 35.9 Å². The number of unbranched alkanes of at least 4 members (excludes halogenated alkanes) is 4. The summed E-state index contributed by atoms with van der Waals surface area (Å²) >= 11 is 1.46. The molecule has 2 aromatic rings. The lowest BCUT2D eigenvalue weighted by Gasteiger charge is -2.14. The average molecular weight is 389 g/mol. The fourth-order valence-corrected chi connectivity index (χ4v) is 3.89. The summed E-state index contributed by atoms with van der Waals surface area (Å²) in [6, 6.07) is 10.0. The molecule has 0 aliphatic rings. The van der Waals surface area contributed by atoms with Crippen LogP contribution in [-0.2, 0) is 17.8 Å². The van der Waals surface area contributed by atoms with Crippen molar-refractivity contribution in [2.24, 2.45) is 0 Å². The largest absolute Gasteiger partial charge is 0.349 e. The third kappa shape index (κ3) is 7.01. The van der Waals surface area contributed by atoms with Crippen LogP contribution in [-0.4, -0.2) is 26.4 Å². The molecule has 0 bridgehead atoms. The van der Waals surface area contributed by atoms with Crippen LogP contribution in [0.25, 0.3) is 0 Å². The maximum atomic E-state index is 12.3. The predicted molar refractivity (Wildman–Crippen MR) is 112 cm³/mol. The van der Waals surface area contributed by atoms with E-state index in [0.29, 0.717) is 5.75 Å². The summed E-state index contributed by atoms with van der Waals surface area (Å²) in [5.41, 5.74) is 1.11. The van der Waals surface area contributed by atoms with Gasteiger partial charge in [0.05, 0.1) is 11.8 Å². The van der Waals surface area contributed by atoms with Crippen molar-refractivity contribution in [3.63, 3.8) is 0 Å². The van der Waals surface area contributed by atoms with Crippen LogP contribution in [0.3, 0.4) is 0 Å². The van der Waals surface area contributed by atoms with Crippen LogP contribution in [0.1, 0.15) is 70.3 Å². The molecule has 2 rings (SSSR count). The topological polar surface area (TPSA) is 59.8 Å². The van der Waals surface area contributed by atoms with Crippen LogP contribution in [0.4, 0.5) is 0 Å². The minimum Gasteiger partial charge on any atom is -0.349 e. The van der Waals surface area contributed by atoms with Crippen molar-refractivity contribution in [1.29, 1.82) is 0 Å². The van der Waals surface area contributed by atoms with E-state index in [2.05, 4.69) is 33.9 Å². The molecule has 27 heavy (non-hydrogen) atoms. The van der Waals surface area contributed by atoms with Crippen LogP contribution in [0.15, 0.2) is 35.5 Å². The number of hydrogen-bond acceptors (Lipinski definition) is 4. The number of nitrogens with one attached hydrogen (secondary N) is 1. The minimum atomic E-state index is 0.00188. The Kier molecular flexibility index (Phi) is 9.39. The second-order valence-electron chi connectivity index (χ2n) is 6.80. The van der Waals surface area contributed by atoms with Crippen molar-refractivity contribution in [3.8, 4) is 0 Å². The Bertz CT molecular complexity index is 687. The number of nitrogens with zero attached hydrogens (tertiary/aromatic N) is 3. The molecular formula is C21H32N4OS. The first-order valence-corrected chi connectivity index (χ1v) is 11.0. The van der Waals surface area contributed by atoms with E-state index in [1.165, 1.54) is 37.4 Å². The zero-order valence-electron chi connectivity index (χ0n) is 16.8. The Labute approximate surface area is 167 Å². The number of benzene rings is 1. The standard InChI is InChI=1S/C21H32N4OS/c1-4-6-7-8-12-15-19-23-24-21(25(19)5-2)27-16-20(26)22-17(3)18-13-10-9-11-14-18/h9-11,13-14,17H,4-8,12,15-16H2,1-3H3,(H,22,26)/t17-/m1/s1. The number of thioether (sulfide) groups is 1. The minimum absolute atomic E-state index is 0.00188. The van der Waals surface area contributed by atoms with Crippen molar-refractivity contribution in [2.75, 3.05) is 5.75 Å². The zero-order chi connectivity index (χ0) is 19.5. The summed E-state index contributed by atoms with van der Waals surface area (Å²) in [6.07, 6.45) is 7.21. The monoisotopic (exact) mass is 388 g/mol. The quantitative estimate of drug-likeness (QED) is 0.420. The summed E-state index contributed by atoms with van der Waals surface area (Å²) in [4.78, 5) is 12.3. The predicted octanol–water partition coefficient (Wildman–Crippen LogP) is 4.78. The number of amides is 1. The third-order valence-electron chi connectivity index (χ3n) is 4.62. The van der Waals surface area contributed by atoms with Gasteiger partial charge in [-0.2, -0.15) is 0 Å². The molecule has 6 heteroatoms. The van der Waals surface area contributed by atoms with Gasteiger partial charge in [-0.25, -0.2) is 0 Å². The number of carbonyl (C=O) groups excluding carboxylic acids is 1. The Hall–Kier alpha value is -1.82. The Morgan fingerprint density at radius 3 is 2.56 bits per heavy atom. The zero-order valence-corrected chi connectivity index (χ0v) is 17.6. The molecule has 0 saturated carbocycles. The maximum absolute atomic E-state index is 12.3. The molecule has 148 valence electrons. The van der Waals surface area contributed by atoms with Crippen molar-refractivity contribution < 1.29 is 4.79 Å². The SMILES string of the molecule is CCCCCCCc1nnc(SCC(=O)N[C@H](C)c2ccccc2)n1CC. The molecule has 1 aromatic heterocycles. The number of rotatable bonds is 12. The molecule has 0 fully saturated rings. The summed E-state index contributed by atoms with van der Waals surface area (Å²) in [5, 5.41) is 12.5. The van der Waals surface area contributed by atoms with Gasteiger partial charge in [-0.3, -0.25) is 4.79 Å². The average Bonchev–Trinajstić information content (AvgIpc) is 3.08. The van der Waals surface area contributed by atoms with E-state index in [1.807, 2.05) is 37.3 Å². The van der Waals surface area contributed by atoms with Crippen LogP contribution in [0, 0.1) is 0 Å². The smallest absolute Gasteiger partial charge is 0.230 e. The van der Waals surface area contributed by atoms with E-state index < -0.39 is 0 Å². The normalized spacial score (nSPS) is 12.1. The van der Waals surface area contributed by atoms with E-state index in [4.69, 9.17) is 0 Å². The van der Waals surface area contributed by atoms with Gasteiger partial charge >= 0.3 is 0 Å². The van der Waals surface area contributed by atoms with Gasteiger partial charge in [-0.05, 0) is 25.8 Å². The van der Waals surface area contributed by atoms with Crippen molar-refractivity contribution >= 4 is 17.7 Å². The molecule has 0 radical (unpaired) electrons. The fourth-order valence-electron chi connectivity index (χ4n) is 3.05. The van der Waals surface area contributed by atoms with Gasteiger partial charge in [0.25, 0.3) is 0 Å². The molecule has 1 atom stereocenters. The Balaban J connectivity index is 1.81. The van der Waals surface area contributed by atoms with Crippen LogP contribution in [0.2, 0.25) is 0 Å². The second-order valence-corrected chi connectivity index (χ2v) is 7.74. The highest BCUT2D eigenvalue weighted by Crippen LogP contribution is 2.19. The van der Waals surface area contributed by atoms with E-state index >= 15 is 0 Å². The van der Waals surface area contributed by atoms with Gasteiger partial charge in [0, 0.05) is 13.0 Å². The first kappa shape index (κ1) is 21.5. The molecule has 0 spiro atoms. The van der Waals surface area contributed by atoms with Crippen LogP contribution in [0.5, 0.6) is 0 Å². The van der Waals surface area contributed by atoms with E-state index in [9.17, 15) is 4.79 Å². The number of aryl methyl sites for hydroxylation is 1. The molecule has 0 saturated heterocycles. The highest BCUT2D eigenvalue weighted by molar-refractivity contribution is 7.99. The summed E-state index contributed by atoms with van der Waals surface area (Å²) < 4.78 is 2.14. The lowest BCUT2D eigenvalue weighted by Crippen LogP contribution is -2.28. The second kappa shape index (κ2) is 11.8. The first-order chi connectivity index (χ1) is 13.2. The van der Waals surface area contributed by atoms with Gasteiger partial charge in [0.1, 0.15) is 5.82 Å². The lowest BCUT2D eigenvalue weighted by atomic mass is 10.1.